The van der Waals surface area contributed by atoms with Gasteiger partial charge >= 0.3 is 0 Å². The number of aromatic nitrogens is 3. The molecule has 2 fully saturated rings. The molecule has 1 aromatic heterocycles. The highest BCUT2D eigenvalue weighted by Gasteiger charge is 2.44. The molecule has 0 unspecified atom stereocenters. The molecule has 1 aliphatic carbocycles. The van der Waals surface area contributed by atoms with E-state index in [0.29, 0.717) is 0 Å². The number of hydrogen-bond donors (Lipinski definition) is 0. The van der Waals surface area contributed by atoms with Crippen LogP contribution in [0.1, 0.15) is 31.5 Å². The fourth-order valence-corrected chi connectivity index (χ4v) is 4.91. The van der Waals surface area contributed by atoms with Crippen molar-refractivity contribution < 1.29 is 4.74 Å². The Bertz CT molecular complexity index is 802. The minimum atomic E-state index is 0.112. The second-order valence-corrected chi connectivity index (χ2v) is 8.64. The first-order valence-electron chi connectivity index (χ1n) is 10.2. The molecule has 0 bridgehead atoms. The van der Waals surface area contributed by atoms with Gasteiger partial charge in [-0.3, -0.25) is 4.90 Å². The summed E-state index contributed by atoms with van der Waals surface area (Å²) in [5.41, 5.74) is 1.24. The SMILES string of the molecule is COc1ccc(-c2nnc3n2C2(CCN(CC4CC4)CC2)CN(C)C3)cc1. The summed E-state index contributed by atoms with van der Waals surface area (Å²) in [6.07, 6.45) is 5.22. The van der Waals surface area contributed by atoms with Crippen LogP contribution < -0.4 is 4.74 Å². The molecule has 5 rings (SSSR count). The highest BCUT2D eigenvalue weighted by molar-refractivity contribution is 5.57. The normalized spacial score (nSPS) is 22.7. The first kappa shape index (κ1) is 17.2. The second kappa shape index (κ2) is 6.60. The Morgan fingerprint density at radius 3 is 2.52 bits per heavy atom. The van der Waals surface area contributed by atoms with Crippen LogP contribution in [0, 0.1) is 5.92 Å². The van der Waals surface area contributed by atoms with Gasteiger partial charge in [-0.1, -0.05) is 0 Å². The minimum absolute atomic E-state index is 0.112. The van der Waals surface area contributed by atoms with Crippen molar-refractivity contribution in [1.82, 2.24) is 24.6 Å². The quantitative estimate of drug-likeness (QED) is 0.831. The number of likely N-dealkylation sites (tertiary alicyclic amines) is 1. The van der Waals surface area contributed by atoms with Crippen LogP contribution in [0.2, 0.25) is 0 Å². The van der Waals surface area contributed by atoms with Crippen LogP contribution in [-0.4, -0.2) is 64.9 Å². The zero-order valence-corrected chi connectivity index (χ0v) is 16.4. The van der Waals surface area contributed by atoms with Gasteiger partial charge in [0.05, 0.1) is 19.2 Å². The average molecular weight is 367 g/mol. The maximum atomic E-state index is 5.32. The first-order chi connectivity index (χ1) is 13.2. The Hall–Kier alpha value is -1.92. The van der Waals surface area contributed by atoms with E-state index in [1.165, 1.54) is 45.3 Å². The number of nitrogens with zero attached hydrogens (tertiary/aromatic N) is 5. The number of piperidine rings is 1. The summed E-state index contributed by atoms with van der Waals surface area (Å²) >= 11 is 0. The third-order valence-electron chi connectivity index (χ3n) is 6.53. The van der Waals surface area contributed by atoms with Crippen molar-refractivity contribution in [2.24, 2.45) is 5.92 Å². The van der Waals surface area contributed by atoms with Crippen LogP contribution in [0.3, 0.4) is 0 Å². The Kier molecular flexibility index (Phi) is 4.20. The molecule has 1 saturated carbocycles. The predicted octanol–water partition coefficient (Wildman–Crippen LogP) is 2.60. The number of rotatable bonds is 4. The third-order valence-corrected chi connectivity index (χ3v) is 6.53. The lowest BCUT2D eigenvalue weighted by Gasteiger charge is -2.48. The zero-order valence-electron chi connectivity index (χ0n) is 16.4. The van der Waals surface area contributed by atoms with Crippen LogP contribution in [0.15, 0.2) is 24.3 Å². The maximum absolute atomic E-state index is 5.32. The fraction of sp³-hybridized carbons (Fsp3) is 0.619. The van der Waals surface area contributed by atoms with Crippen LogP contribution in [-0.2, 0) is 12.1 Å². The van der Waals surface area contributed by atoms with Gasteiger partial charge in [0.1, 0.15) is 11.6 Å². The summed E-state index contributed by atoms with van der Waals surface area (Å²) in [7, 11) is 3.91. The van der Waals surface area contributed by atoms with E-state index in [9.17, 15) is 0 Å². The largest absolute Gasteiger partial charge is 0.497 e. The van der Waals surface area contributed by atoms with Crippen molar-refractivity contribution in [3.05, 3.63) is 30.1 Å². The summed E-state index contributed by atoms with van der Waals surface area (Å²) in [5.74, 6) is 3.95. The molecule has 27 heavy (non-hydrogen) atoms. The van der Waals surface area contributed by atoms with Crippen molar-refractivity contribution >= 4 is 0 Å². The van der Waals surface area contributed by atoms with Gasteiger partial charge in [0.2, 0.25) is 0 Å². The van der Waals surface area contributed by atoms with Crippen molar-refractivity contribution in [2.45, 2.75) is 37.8 Å². The fourth-order valence-electron chi connectivity index (χ4n) is 4.91. The van der Waals surface area contributed by atoms with E-state index in [4.69, 9.17) is 4.74 Å². The standard InChI is InChI=1S/C21H29N5O/c1-24-14-19-22-23-20(17-5-7-18(27-2)8-6-17)26(19)21(15-24)9-11-25(12-10-21)13-16-3-4-16/h5-8,16H,3-4,9-15H2,1-2H3. The molecule has 0 amide bonds. The molecule has 2 aromatic rings. The third kappa shape index (κ3) is 3.15. The molecule has 6 heteroatoms. The van der Waals surface area contributed by atoms with Crippen LogP contribution in [0.4, 0.5) is 0 Å². The van der Waals surface area contributed by atoms with Gasteiger partial charge < -0.3 is 14.2 Å². The summed E-state index contributed by atoms with van der Waals surface area (Å²) in [4.78, 5) is 5.09. The predicted molar refractivity (Wildman–Crippen MR) is 105 cm³/mol. The highest BCUT2D eigenvalue weighted by Crippen LogP contribution is 2.40. The lowest BCUT2D eigenvalue weighted by atomic mass is 9.84. The van der Waals surface area contributed by atoms with E-state index in [1.807, 2.05) is 12.1 Å². The number of fused-ring (bicyclic) bond motifs is 2. The van der Waals surface area contributed by atoms with Crippen LogP contribution >= 0.6 is 0 Å². The van der Waals surface area contributed by atoms with Gasteiger partial charge in [0.15, 0.2) is 5.82 Å². The Labute approximate surface area is 161 Å². The molecule has 144 valence electrons. The Balaban J connectivity index is 1.47. The van der Waals surface area contributed by atoms with Crippen LogP contribution in [0.5, 0.6) is 5.75 Å². The van der Waals surface area contributed by atoms with E-state index in [1.54, 1.807) is 7.11 Å². The van der Waals surface area contributed by atoms with E-state index >= 15 is 0 Å². The number of methoxy groups -OCH3 is 1. The summed E-state index contributed by atoms with van der Waals surface area (Å²) in [5, 5.41) is 9.20. The monoisotopic (exact) mass is 367 g/mol. The lowest BCUT2D eigenvalue weighted by Crippen LogP contribution is -2.55. The molecule has 1 aromatic carbocycles. The van der Waals surface area contributed by atoms with E-state index in [0.717, 1.165) is 42.0 Å². The number of benzene rings is 1. The molecule has 3 heterocycles. The van der Waals surface area contributed by atoms with Gasteiger partial charge in [0.25, 0.3) is 0 Å². The molecule has 0 radical (unpaired) electrons. The van der Waals surface area contributed by atoms with Crippen molar-refractivity contribution in [3.63, 3.8) is 0 Å². The highest BCUT2D eigenvalue weighted by atomic mass is 16.5. The van der Waals surface area contributed by atoms with Crippen LogP contribution in [0.25, 0.3) is 11.4 Å². The molecule has 3 aliphatic rings. The molecule has 0 N–H and O–H groups in total. The lowest BCUT2D eigenvalue weighted by molar-refractivity contribution is 0.0502. The smallest absolute Gasteiger partial charge is 0.164 e. The first-order valence-corrected chi connectivity index (χ1v) is 10.2. The molecule has 1 saturated heterocycles. The van der Waals surface area contributed by atoms with E-state index < -0.39 is 0 Å². The number of hydrogen-bond acceptors (Lipinski definition) is 5. The van der Waals surface area contributed by atoms with E-state index in [2.05, 4.69) is 43.7 Å². The summed E-state index contributed by atoms with van der Waals surface area (Å²) in [6.45, 7) is 5.62. The second-order valence-electron chi connectivity index (χ2n) is 8.64. The molecule has 0 atom stereocenters. The molecule has 2 aliphatic heterocycles. The molecular formula is C21H29N5O. The van der Waals surface area contributed by atoms with Gasteiger partial charge in [0, 0.05) is 31.7 Å². The van der Waals surface area contributed by atoms with Gasteiger partial charge in [-0.05, 0) is 62.9 Å². The Morgan fingerprint density at radius 2 is 1.85 bits per heavy atom. The number of likely N-dealkylation sites (N-methyl/N-ethyl adjacent to an activating group) is 1. The Morgan fingerprint density at radius 1 is 1.11 bits per heavy atom. The summed E-state index contributed by atoms with van der Waals surface area (Å²) < 4.78 is 7.79. The molecule has 1 spiro atoms. The van der Waals surface area contributed by atoms with Crippen molar-refractivity contribution in [2.75, 3.05) is 40.3 Å². The van der Waals surface area contributed by atoms with Gasteiger partial charge in [-0.2, -0.15) is 0 Å². The molecular weight excluding hydrogens is 338 g/mol. The zero-order chi connectivity index (χ0) is 18.4. The van der Waals surface area contributed by atoms with Gasteiger partial charge in [-0.25, -0.2) is 0 Å². The van der Waals surface area contributed by atoms with Gasteiger partial charge in [-0.15, -0.1) is 10.2 Å². The van der Waals surface area contributed by atoms with E-state index in [-0.39, 0.29) is 5.54 Å². The maximum Gasteiger partial charge on any atom is 0.164 e. The number of ether oxygens (including phenoxy) is 1. The molecule has 6 nitrogen and oxygen atoms in total. The van der Waals surface area contributed by atoms with Crippen molar-refractivity contribution in [3.8, 4) is 17.1 Å². The minimum Gasteiger partial charge on any atom is -0.497 e. The summed E-state index contributed by atoms with van der Waals surface area (Å²) in [6, 6.07) is 8.22. The van der Waals surface area contributed by atoms with Crippen molar-refractivity contribution in [1.29, 1.82) is 0 Å². The average Bonchev–Trinajstić information content (AvgIpc) is 3.40. The topological polar surface area (TPSA) is 46.4 Å².